The Morgan fingerprint density at radius 3 is 2.92 bits per heavy atom. The lowest BCUT2D eigenvalue weighted by atomic mass is 10.1. The number of benzene rings is 1. The maximum atomic E-state index is 13.2. The van der Waals surface area contributed by atoms with Gasteiger partial charge in [-0.15, -0.1) is 0 Å². The van der Waals surface area contributed by atoms with E-state index in [4.69, 9.17) is 14.5 Å². The van der Waals surface area contributed by atoms with E-state index in [0.717, 1.165) is 27.9 Å². The van der Waals surface area contributed by atoms with E-state index in [2.05, 4.69) is 34.9 Å². The maximum absolute atomic E-state index is 13.2. The van der Waals surface area contributed by atoms with Crippen LogP contribution in [0, 0.1) is 5.92 Å². The van der Waals surface area contributed by atoms with Crippen LogP contribution in [0.25, 0.3) is 21.9 Å². The molecular weight excluding hydrogens is 502 g/mol. The van der Waals surface area contributed by atoms with E-state index in [1.54, 1.807) is 18.0 Å². The second-order valence-electron chi connectivity index (χ2n) is 9.62. The van der Waals surface area contributed by atoms with Crippen molar-refractivity contribution in [3.63, 3.8) is 0 Å². The molecule has 0 bridgehead atoms. The number of hydrogen-bond donors (Lipinski definition) is 3. The minimum absolute atomic E-state index is 0.169. The third-order valence-corrected chi connectivity index (χ3v) is 7.77. The molecule has 4 aromatic rings. The highest BCUT2D eigenvalue weighted by atomic mass is 32.2. The predicted molar refractivity (Wildman–Crippen MR) is 152 cm³/mol. The summed E-state index contributed by atoms with van der Waals surface area (Å²) in [5.41, 5.74) is 4.35. The van der Waals surface area contributed by atoms with Gasteiger partial charge in [-0.3, -0.25) is 4.79 Å². The molecule has 5 rings (SSSR count). The summed E-state index contributed by atoms with van der Waals surface area (Å²) in [6, 6.07) is 10.3. The second-order valence-corrected chi connectivity index (χ2v) is 10.5. The summed E-state index contributed by atoms with van der Waals surface area (Å²) in [4.78, 5) is 34.4. The van der Waals surface area contributed by atoms with Gasteiger partial charge in [0.25, 0.3) is 0 Å². The Hall–Kier alpha value is -3.50. The highest BCUT2D eigenvalue weighted by Crippen LogP contribution is 2.34. The lowest BCUT2D eigenvalue weighted by Gasteiger charge is -2.14. The zero-order chi connectivity index (χ0) is 26.6. The second kappa shape index (κ2) is 11.5. The van der Waals surface area contributed by atoms with Crippen LogP contribution in [0.1, 0.15) is 29.4 Å². The molecular formula is C28H33N5O4S. The summed E-state index contributed by atoms with van der Waals surface area (Å²) < 4.78 is 12.5. The van der Waals surface area contributed by atoms with Crippen LogP contribution in [0.15, 0.2) is 42.7 Å². The summed E-state index contributed by atoms with van der Waals surface area (Å²) in [6.07, 6.45) is 7.15. The van der Waals surface area contributed by atoms with Crippen molar-refractivity contribution in [2.24, 2.45) is 5.92 Å². The summed E-state index contributed by atoms with van der Waals surface area (Å²) >= 11 is 1.76. The smallest absolute Gasteiger partial charge is 0.356 e. The number of nitrogens with one attached hydrogen (secondary N) is 3. The summed E-state index contributed by atoms with van der Waals surface area (Å²) in [5, 5.41) is 8.34. The van der Waals surface area contributed by atoms with Gasteiger partial charge >= 0.3 is 5.97 Å². The normalized spacial score (nSPS) is 16.1. The Kier molecular flexibility index (Phi) is 7.90. The Morgan fingerprint density at radius 2 is 2.16 bits per heavy atom. The molecule has 1 amide bonds. The number of hydrogen-bond acceptors (Lipinski definition) is 7. The van der Waals surface area contributed by atoms with Crippen molar-refractivity contribution < 1.29 is 19.1 Å². The number of carbonyl (C=O) groups excluding carboxylic acids is 2. The number of nitrogens with zero attached hydrogens (tertiary/aromatic N) is 2. The predicted octanol–water partition coefficient (Wildman–Crippen LogP) is 4.69. The van der Waals surface area contributed by atoms with E-state index >= 15 is 0 Å². The number of carbonyl (C=O) groups is 2. The van der Waals surface area contributed by atoms with Crippen molar-refractivity contribution in [3.8, 4) is 0 Å². The first-order valence-corrected chi connectivity index (χ1v) is 14.2. The number of aryl methyl sites for hydroxylation is 2. The number of ether oxygens (including phenoxy) is 2. The molecule has 0 radical (unpaired) electrons. The van der Waals surface area contributed by atoms with E-state index in [1.807, 2.05) is 35.0 Å². The molecule has 1 aliphatic heterocycles. The van der Waals surface area contributed by atoms with Crippen LogP contribution in [0.5, 0.6) is 0 Å². The maximum Gasteiger partial charge on any atom is 0.356 e. The van der Waals surface area contributed by atoms with Gasteiger partial charge in [-0.25, -0.2) is 9.78 Å². The van der Waals surface area contributed by atoms with E-state index in [-0.39, 0.29) is 23.6 Å². The van der Waals surface area contributed by atoms with Crippen LogP contribution in [-0.2, 0) is 27.2 Å². The van der Waals surface area contributed by atoms with Gasteiger partial charge in [0.05, 0.1) is 37.2 Å². The highest BCUT2D eigenvalue weighted by Gasteiger charge is 2.30. The van der Waals surface area contributed by atoms with E-state index < -0.39 is 5.97 Å². The number of aromatic nitrogens is 3. The van der Waals surface area contributed by atoms with Crippen LogP contribution in [0.3, 0.4) is 0 Å². The molecule has 1 aromatic carbocycles. The fraction of sp³-hybridized carbons (Fsp3) is 0.393. The van der Waals surface area contributed by atoms with Gasteiger partial charge < -0.3 is 29.7 Å². The van der Waals surface area contributed by atoms with Crippen molar-refractivity contribution in [1.82, 2.24) is 14.5 Å². The van der Waals surface area contributed by atoms with Gasteiger partial charge in [0.2, 0.25) is 5.91 Å². The first-order valence-electron chi connectivity index (χ1n) is 12.8. The van der Waals surface area contributed by atoms with Crippen molar-refractivity contribution >= 4 is 56.9 Å². The van der Waals surface area contributed by atoms with E-state index in [0.29, 0.717) is 49.3 Å². The molecule has 0 spiro atoms. The number of H-pyrrole nitrogens is 1. The summed E-state index contributed by atoms with van der Waals surface area (Å²) in [6.45, 7) is 3.51. The number of para-hydroxylation sites is 1. The molecule has 1 aliphatic rings. The van der Waals surface area contributed by atoms with Crippen LogP contribution < -0.4 is 10.6 Å². The Morgan fingerprint density at radius 1 is 1.32 bits per heavy atom. The number of esters is 1. The molecule has 1 fully saturated rings. The van der Waals surface area contributed by atoms with E-state index in [9.17, 15) is 9.59 Å². The number of aromatic amines is 1. The number of amides is 1. The van der Waals surface area contributed by atoms with Crippen molar-refractivity contribution in [1.29, 1.82) is 0 Å². The molecule has 3 N–H and O–H groups in total. The average Bonchev–Trinajstić information content (AvgIpc) is 3.66. The lowest BCUT2D eigenvalue weighted by Crippen LogP contribution is -2.24. The first kappa shape index (κ1) is 26.1. The Labute approximate surface area is 225 Å². The zero-order valence-corrected chi connectivity index (χ0v) is 22.7. The lowest BCUT2D eigenvalue weighted by molar-refractivity contribution is -0.119. The molecule has 0 saturated carbocycles. The standard InChI is InChI=1S/C28H33N5O4S/c1-17(16-38-3)31-20-12-22-24(32-27(34)19-9-11-37-15-19)25(28(35)36-2)33(26(22)30-14-20)10-8-18-13-29-23-7-5-4-6-21(18)23/h4-7,12-14,17,19,29,31H,8-11,15-16H2,1-3H3,(H,32,34). The molecule has 4 heterocycles. The van der Waals surface area contributed by atoms with Gasteiger partial charge in [0.1, 0.15) is 5.65 Å². The van der Waals surface area contributed by atoms with Crippen LogP contribution in [0.4, 0.5) is 11.4 Å². The fourth-order valence-corrected chi connectivity index (χ4v) is 5.65. The van der Waals surface area contributed by atoms with Crippen LogP contribution >= 0.6 is 11.8 Å². The minimum atomic E-state index is -0.523. The number of fused-ring (bicyclic) bond motifs is 2. The summed E-state index contributed by atoms with van der Waals surface area (Å²) in [7, 11) is 1.35. The topological polar surface area (TPSA) is 110 Å². The van der Waals surface area contributed by atoms with E-state index in [1.165, 1.54) is 7.11 Å². The quantitative estimate of drug-likeness (QED) is 0.253. The fourth-order valence-electron chi connectivity index (χ4n) is 5.07. The minimum Gasteiger partial charge on any atom is -0.464 e. The Balaban J connectivity index is 1.57. The molecule has 2 unspecified atom stereocenters. The van der Waals surface area contributed by atoms with Crippen molar-refractivity contribution in [2.45, 2.75) is 32.4 Å². The average molecular weight is 536 g/mol. The number of pyridine rings is 1. The molecule has 10 heteroatoms. The van der Waals surface area contributed by atoms with Gasteiger partial charge in [-0.1, -0.05) is 18.2 Å². The van der Waals surface area contributed by atoms with Gasteiger partial charge in [0.15, 0.2) is 5.69 Å². The van der Waals surface area contributed by atoms with Crippen LogP contribution in [-0.4, -0.2) is 64.8 Å². The van der Waals surface area contributed by atoms with Gasteiger partial charge in [0, 0.05) is 47.4 Å². The number of rotatable bonds is 10. The molecule has 1 saturated heterocycles. The molecule has 0 aliphatic carbocycles. The number of anilines is 2. The first-order chi connectivity index (χ1) is 18.5. The third-order valence-electron chi connectivity index (χ3n) is 6.94. The molecule has 200 valence electrons. The largest absolute Gasteiger partial charge is 0.464 e. The molecule has 2 atom stereocenters. The third kappa shape index (κ3) is 5.23. The monoisotopic (exact) mass is 535 g/mol. The SMILES string of the molecule is COC(=O)c1c(NC(=O)C2CCOC2)c2cc(NC(C)CSC)cnc2n1CCc1c[nH]c2ccccc12. The van der Waals surface area contributed by atoms with Crippen LogP contribution in [0.2, 0.25) is 0 Å². The van der Waals surface area contributed by atoms with Crippen molar-refractivity contribution in [3.05, 3.63) is 54.0 Å². The van der Waals surface area contributed by atoms with Crippen molar-refractivity contribution in [2.75, 3.05) is 43.0 Å². The molecule has 9 nitrogen and oxygen atoms in total. The zero-order valence-electron chi connectivity index (χ0n) is 21.9. The number of thioether (sulfide) groups is 1. The highest BCUT2D eigenvalue weighted by molar-refractivity contribution is 7.98. The molecule has 38 heavy (non-hydrogen) atoms. The number of methoxy groups -OCH3 is 1. The summed E-state index contributed by atoms with van der Waals surface area (Å²) in [5.74, 6) is -0.0221. The molecule has 3 aromatic heterocycles. The Bertz CT molecular complexity index is 1460. The van der Waals surface area contributed by atoms with Gasteiger partial charge in [-0.05, 0) is 43.7 Å². The van der Waals surface area contributed by atoms with Gasteiger partial charge in [-0.2, -0.15) is 11.8 Å².